The van der Waals surface area contributed by atoms with Gasteiger partial charge in [-0.15, -0.1) is 0 Å². The van der Waals surface area contributed by atoms with Crippen molar-refractivity contribution >= 4 is 33.2 Å². The van der Waals surface area contributed by atoms with Crippen LogP contribution in [0.2, 0.25) is 0 Å². The van der Waals surface area contributed by atoms with Crippen LogP contribution in [0.5, 0.6) is 0 Å². The highest BCUT2D eigenvalue weighted by Gasteiger charge is 2.25. The molecule has 1 aromatic carbocycles. The van der Waals surface area contributed by atoms with Crippen LogP contribution in [0.4, 0.5) is 20.2 Å². The number of hydrogen-bond acceptors (Lipinski definition) is 4. The number of furan rings is 1. The Morgan fingerprint density at radius 3 is 2.58 bits per heavy atom. The zero-order valence-corrected chi connectivity index (χ0v) is 14.1. The Bertz CT molecular complexity index is 758. The SMILES string of the molecule is O=C(Nc1ccc(F)c(F)c1N1CCC(O)CC1)c1ccc(Br)o1. The van der Waals surface area contributed by atoms with Crippen molar-refractivity contribution in [3.8, 4) is 0 Å². The molecule has 2 aromatic rings. The van der Waals surface area contributed by atoms with Crippen LogP contribution in [0.3, 0.4) is 0 Å². The fourth-order valence-electron chi connectivity index (χ4n) is 2.66. The number of halogens is 3. The summed E-state index contributed by atoms with van der Waals surface area (Å²) in [4.78, 5) is 13.8. The number of aliphatic hydroxyl groups is 1. The Labute approximate surface area is 145 Å². The van der Waals surface area contributed by atoms with Crippen molar-refractivity contribution in [2.24, 2.45) is 0 Å². The lowest BCUT2D eigenvalue weighted by molar-refractivity contribution is 0.0995. The number of benzene rings is 1. The van der Waals surface area contributed by atoms with Crippen molar-refractivity contribution in [2.75, 3.05) is 23.3 Å². The zero-order valence-electron chi connectivity index (χ0n) is 12.6. The molecular formula is C16H15BrF2N2O3. The van der Waals surface area contributed by atoms with E-state index in [4.69, 9.17) is 4.42 Å². The van der Waals surface area contributed by atoms with Crippen LogP contribution in [-0.2, 0) is 0 Å². The van der Waals surface area contributed by atoms with Gasteiger partial charge in [0.15, 0.2) is 22.1 Å². The van der Waals surface area contributed by atoms with E-state index in [1.807, 2.05) is 0 Å². The molecular weight excluding hydrogens is 386 g/mol. The maximum absolute atomic E-state index is 14.3. The van der Waals surface area contributed by atoms with Gasteiger partial charge in [-0.05, 0) is 53.0 Å². The highest BCUT2D eigenvalue weighted by Crippen LogP contribution is 2.33. The van der Waals surface area contributed by atoms with E-state index in [1.54, 1.807) is 11.0 Å². The maximum atomic E-state index is 14.3. The zero-order chi connectivity index (χ0) is 17.3. The smallest absolute Gasteiger partial charge is 0.291 e. The number of rotatable bonds is 3. The van der Waals surface area contributed by atoms with Gasteiger partial charge in [0, 0.05) is 13.1 Å². The van der Waals surface area contributed by atoms with Gasteiger partial charge in [-0.25, -0.2) is 8.78 Å². The number of nitrogens with zero attached hydrogens (tertiary/aromatic N) is 1. The molecule has 5 nitrogen and oxygen atoms in total. The molecule has 2 heterocycles. The van der Waals surface area contributed by atoms with Gasteiger partial charge in [0.05, 0.1) is 17.5 Å². The lowest BCUT2D eigenvalue weighted by Crippen LogP contribution is -2.37. The number of amides is 1. The van der Waals surface area contributed by atoms with Crippen LogP contribution >= 0.6 is 15.9 Å². The van der Waals surface area contributed by atoms with Gasteiger partial charge in [-0.1, -0.05) is 0 Å². The Balaban J connectivity index is 1.90. The van der Waals surface area contributed by atoms with Crippen molar-refractivity contribution in [3.63, 3.8) is 0 Å². The summed E-state index contributed by atoms with van der Waals surface area (Å²) in [7, 11) is 0. The monoisotopic (exact) mass is 400 g/mol. The number of hydrogen-bond donors (Lipinski definition) is 2. The molecule has 0 atom stereocenters. The molecule has 1 fully saturated rings. The average Bonchev–Trinajstić information content (AvgIpc) is 2.99. The third-order valence-electron chi connectivity index (χ3n) is 3.89. The van der Waals surface area contributed by atoms with Crippen LogP contribution in [0.1, 0.15) is 23.4 Å². The summed E-state index contributed by atoms with van der Waals surface area (Å²) < 4.78 is 33.6. The van der Waals surface area contributed by atoms with Crippen molar-refractivity contribution in [3.05, 3.63) is 46.3 Å². The highest BCUT2D eigenvalue weighted by molar-refractivity contribution is 9.10. The second-order valence-corrected chi connectivity index (χ2v) is 6.32. The van der Waals surface area contributed by atoms with Crippen LogP contribution in [0, 0.1) is 11.6 Å². The molecule has 1 aliphatic rings. The highest BCUT2D eigenvalue weighted by atomic mass is 79.9. The van der Waals surface area contributed by atoms with Gasteiger partial charge in [-0.3, -0.25) is 4.79 Å². The van der Waals surface area contributed by atoms with Gasteiger partial charge >= 0.3 is 0 Å². The fraction of sp³-hybridized carbons (Fsp3) is 0.312. The van der Waals surface area contributed by atoms with Crippen molar-refractivity contribution in [2.45, 2.75) is 18.9 Å². The molecule has 0 spiro atoms. The quantitative estimate of drug-likeness (QED) is 0.826. The van der Waals surface area contributed by atoms with Gasteiger partial charge in [0.1, 0.15) is 0 Å². The second kappa shape index (κ2) is 6.90. The summed E-state index contributed by atoms with van der Waals surface area (Å²) in [5.41, 5.74) is 0.142. The third kappa shape index (κ3) is 3.44. The molecule has 1 aromatic heterocycles. The number of piperidine rings is 1. The number of carbonyl (C=O) groups is 1. The van der Waals surface area contributed by atoms with Crippen molar-refractivity contribution in [1.29, 1.82) is 0 Å². The van der Waals surface area contributed by atoms with Gasteiger partial charge in [0.25, 0.3) is 5.91 Å². The Morgan fingerprint density at radius 2 is 1.96 bits per heavy atom. The van der Waals surface area contributed by atoms with E-state index in [9.17, 15) is 18.7 Å². The first-order chi connectivity index (χ1) is 11.5. The van der Waals surface area contributed by atoms with E-state index in [0.29, 0.717) is 30.6 Å². The van der Waals surface area contributed by atoms with Crippen LogP contribution < -0.4 is 10.2 Å². The van der Waals surface area contributed by atoms with Gasteiger partial charge in [-0.2, -0.15) is 0 Å². The summed E-state index contributed by atoms with van der Waals surface area (Å²) in [6.07, 6.45) is 0.458. The minimum atomic E-state index is -1.02. The molecule has 24 heavy (non-hydrogen) atoms. The lowest BCUT2D eigenvalue weighted by Gasteiger charge is -2.33. The Morgan fingerprint density at radius 1 is 1.25 bits per heavy atom. The minimum Gasteiger partial charge on any atom is -0.444 e. The molecule has 8 heteroatoms. The van der Waals surface area contributed by atoms with E-state index in [2.05, 4.69) is 21.2 Å². The number of carbonyl (C=O) groups excluding carboxylic acids is 1. The predicted molar refractivity (Wildman–Crippen MR) is 88.2 cm³/mol. The predicted octanol–water partition coefficient (Wildman–Crippen LogP) is 3.53. The molecule has 0 unspecified atom stereocenters. The average molecular weight is 401 g/mol. The molecule has 0 saturated carbocycles. The molecule has 1 amide bonds. The molecule has 1 aliphatic heterocycles. The van der Waals surface area contributed by atoms with Crippen molar-refractivity contribution in [1.82, 2.24) is 0 Å². The largest absolute Gasteiger partial charge is 0.444 e. The molecule has 0 aliphatic carbocycles. The normalized spacial score (nSPS) is 15.6. The first-order valence-corrected chi connectivity index (χ1v) is 8.22. The number of nitrogens with one attached hydrogen (secondary N) is 1. The topological polar surface area (TPSA) is 65.7 Å². The van der Waals surface area contributed by atoms with Crippen LogP contribution in [0.15, 0.2) is 33.4 Å². The van der Waals surface area contributed by atoms with E-state index in [0.717, 1.165) is 6.07 Å². The summed E-state index contributed by atoms with van der Waals surface area (Å²) in [6.45, 7) is 0.743. The molecule has 128 valence electrons. The van der Waals surface area contributed by atoms with E-state index in [1.165, 1.54) is 12.1 Å². The first kappa shape index (κ1) is 16.9. The third-order valence-corrected chi connectivity index (χ3v) is 4.32. The summed E-state index contributed by atoms with van der Waals surface area (Å²) in [5.74, 6) is -2.53. The summed E-state index contributed by atoms with van der Waals surface area (Å²) >= 11 is 3.10. The first-order valence-electron chi connectivity index (χ1n) is 7.43. The standard InChI is InChI=1S/C16H15BrF2N2O3/c17-13-4-3-12(24-13)16(23)20-11-2-1-10(18)14(19)15(11)21-7-5-9(22)6-8-21/h1-4,9,22H,5-8H2,(H,20,23). The summed E-state index contributed by atoms with van der Waals surface area (Å²) in [6, 6.07) is 5.31. The Hall–Kier alpha value is -1.93. The molecule has 0 radical (unpaired) electrons. The minimum absolute atomic E-state index is 0.0131. The van der Waals surface area contributed by atoms with Gasteiger partial charge in [0.2, 0.25) is 0 Å². The Kier molecular flexibility index (Phi) is 4.86. The van der Waals surface area contributed by atoms with Gasteiger partial charge < -0.3 is 19.7 Å². The van der Waals surface area contributed by atoms with E-state index < -0.39 is 23.6 Å². The van der Waals surface area contributed by atoms with E-state index >= 15 is 0 Å². The lowest BCUT2D eigenvalue weighted by atomic mass is 10.1. The second-order valence-electron chi connectivity index (χ2n) is 5.53. The molecule has 3 rings (SSSR count). The molecule has 0 bridgehead atoms. The molecule has 2 N–H and O–H groups in total. The van der Waals surface area contributed by atoms with Crippen LogP contribution in [-0.4, -0.2) is 30.2 Å². The van der Waals surface area contributed by atoms with E-state index in [-0.39, 0.29) is 17.1 Å². The number of aliphatic hydroxyl groups excluding tert-OH is 1. The summed E-state index contributed by atoms with van der Waals surface area (Å²) in [5, 5.41) is 12.1. The van der Waals surface area contributed by atoms with Crippen LogP contribution in [0.25, 0.3) is 0 Å². The molecule has 1 saturated heterocycles. The fourth-order valence-corrected chi connectivity index (χ4v) is 2.97. The van der Waals surface area contributed by atoms with Crippen molar-refractivity contribution < 1.29 is 23.1 Å². The number of anilines is 2. The maximum Gasteiger partial charge on any atom is 0.291 e.